The lowest BCUT2D eigenvalue weighted by molar-refractivity contribution is -0.137. The number of amides is 2. The second-order valence-electron chi connectivity index (χ2n) is 16.8. The quantitative estimate of drug-likeness (QED) is 0.0755. The first-order valence-corrected chi connectivity index (χ1v) is 26.8. The van der Waals surface area contributed by atoms with Crippen molar-refractivity contribution in [1.29, 1.82) is 0 Å². The van der Waals surface area contributed by atoms with Crippen molar-refractivity contribution in [3.63, 3.8) is 0 Å². The maximum atomic E-state index is 14.9. The summed E-state index contributed by atoms with van der Waals surface area (Å²) in [6, 6.07) is 13.9. The summed E-state index contributed by atoms with van der Waals surface area (Å²) in [5, 5.41) is 23.7. The number of anilines is 2. The molecule has 372 valence electrons. The van der Waals surface area contributed by atoms with Gasteiger partial charge in [0.1, 0.15) is 26.5 Å². The van der Waals surface area contributed by atoms with Gasteiger partial charge in [-0.1, -0.05) is 79.6 Å². The first kappa shape index (κ1) is 52.4. The number of nitrogens with zero attached hydrogens (tertiary/aromatic N) is 4. The molecule has 0 spiro atoms. The van der Waals surface area contributed by atoms with Gasteiger partial charge in [0, 0.05) is 28.9 Å². The Kier molecular flexibility index (Phi) is 15.8. The lowest BCUT2D eigenvalue weighted by Gasteiger charge is -2.16. The van der Waals surface area contributed by atoms with Crippen molar-refractivity contribution < 1.29 is 48.7 Å². The van der Waals surface area contributed by atoms with Gasteiger partial charge >= 0.3 is 6.18 Å². The Hall–Kier alpha value is -5.46. The molecule has 4 aromatic carbocycles. The molecule has 2 heterocycles. The summed E-state index contributed by atoms with van der Waals surface area (Å²) in [6.07, 6.45) is -3.06. The fourth-order valence-corrected chi connectivity index (χ4v) is 12.1. The summed E-state index contributed by atoms with van der Waals surface area (Å²) < 4.78 is 115. The van der Waals surface area contributed by atoms with E-state index in [-0.39, 0.29) is 74.7 Å². The number of sulfonamides is 2. The molecule has 8 rings (SSSR count). The number of alkyl halides is 3. The molecule has 70 heavy (non-hydrogen) atoms. The summed E-state index contributed by atoms with van der Waals surface area (Å²) in [7, 11) is -8.10. The molecule has 2 amide bonds. The zero-order chi connectivity index (χ0) is 50.9. The molecule has 2 aliphatic rings. The largest absolute Gasteiger partial charge is 0.493 e. The number of benzene rings is 4. The topological polar surface area (TPSA) is 211 Å². The number of halogens is 6. The fraction of sp³-hybridized carbons (Fsp3) is 0.333. The number of carbonyl (C=O) groups excluding carboxylic acids is 2. The van der Waals surface area contributed by atoms with Gasteiger partial charge in [0.25, 0.3) is 31.9 Å². The molecule has 15 nitrogen and oxygen atoms in total. The minimum absolute atomic E-state index is 0.0142. The number of carbonyl (C=O) groups is 2. The van der Waals surface area contributed by atoms with E-state index in [2.05, 4.69) is 40.5 Å². The molecule has 0 fully saturated rings. The second-order valence-corrected chi connectivity index (χ2v) is 23.0. The van der Waals surface area contributed by atoms with E-state index < -0.39 is 54.4 Å². The molecule has 0 aliphatic heterocycles. The average molecular weight is 1080 g/mol. The van der Waals surface area contributed by atoms with Crippen molar-refractivity contribution >= 4 is 88.0 Å². The summed E-state index contributed by atoms with van der Waals surface area (Å²) in [6.45, 7) is 9.33. The Labute approximate surface area is 418 Å². The molecule has 2 atom stereocenters. The first-order valence-electron chi connectivity index (χ1n) is 21.5. The molecule has 25 heteroatoms. The van der Waals surface area contributed by atoms with Gasteiger partial charge in [-0.05, 0) is 116 Å². The van der Waals surface area contributed by atoms with Crippen LogP contribution < -0.4 is 24.8 Å². The highest BCUT2D eigenvalue weighted by atomic mass is 35.5. The summed E-state index contributed by atoms with van der Waals surface area (Å²) in [5.74, 6) is -1.91. The molecular formula is C45H44Cl2F4N8O7S4. The number of hydrogen-bond donors (Lipinski definition) is 4. The number of rotatable bonds is 14. The molecule has 0 saturated carbocycles. The SMILES string of the molecule is CC(C)c1nnc(NS(=O)(=O)c2ccc3c(c2)CC(NC(=O)c2ccc(Cl)cc2Cl)C3)s1.CCOc1cc(C(F)(F)F)ccc1C(=O)NC1Cc2cc(F)c(S(=O)(=O)Nc3nnc(C(C)C)s3)cc2C1. The number of ether oxygens (including phenoxy) is 1. The molecule has 2 aromatic heterocycles. The van der Waals surface area contributed by atoms with Gasteiger partial charge in [0.05, 0.1) is 33.2 Å². The molecular weight excluding hydrogens is 1040 g/mol. The highest BCUT2D eigenvalue weighted by molar-refractivity contribution is 7.93. The molecule has 0 bridgehead atoms. The molecule has 2 unspecified atom stereocenters. The van der Waals surface area contributed by atoms with Crippen LogP contribution in [0.1, 0.15) is 105 Å². The van der Waals surface area contributed by atoms with Crippen LogP contribution in [0.15, 0.2) is 76.5 Å². The van der Waals surface area contributed by atoms with Gasteiger partial charge in [0.15, 0.2) is 0 Å². The lowest BCUT2D eigenvalue weighted by Crippen LogP contribution is -2.35. The van der Waals surface area contributed by atoms with E-state index in [0.29, 0.717) is 39.6 Å². The van der Waals surface area contributed by atoms with Crippen LogP contribution >= 0.6 is 45.9 Å². The van der Waals surface area contributed by atoms with Crippen molar-refractivity contribution in [2.45, 2.75) is 100 Å². The zero-order valence-electron chi connectivity index (χ0n) is 37.7. The molecule has 2 aliphatic carbocycles. The van der Waals surface area contributed by atoms with E-state index in [4.69, 9.17) is 27.9 Å². The van der Waals surface area contributed by atoms with Gasteiger partial charge in [-0.25, -0.2) is 21.2 Å². The predicted octanol–water partition coefficient (Wildman–Crippen LogP) is 9.58. The van der Waals surface area contributed by atoms with Crippen molar-refractivity contribution in [1.82, 2.24) is 31.0 Å². The molecule has 0 radical (unpaired) electrons. The summed E-state index contributed by atoms with van der Waals surface area (Å²) >= 11 is 14.3. The smallest absolute Gasteiger partial charge is 0.416 e. The van der Waals surface area contributed by atoms with E-state index in [9.17, 15) is 44.0 Å². The second kappa shape index (κ2) is 21.1. The highest BCUT2D eigenvalue weighted by Crippen LogP contribution is 2.35. The Balaban J connectivity index is 0.000000209. The van der Waals surface area contributed by atoms with E-state index >= 15 is 0 Å². The van der Waals surface area contributed by atoms with Crippen molar-refractivity contribution in [2.24, 2.45) is 0 Å². The van der Waals surface area contributed by atoms with Crippen molar-refractivity contribution in [2.75, 3.05) is 16.1 Å². The van der Waals surface area contributed by atoms with E-state index in [1.807, 2.05) is 27.7 Å². The lowest BCUT2D eigenvalue weighted by atomic mass is 10.1. The fourth-order valence-electron chi connectivity index (χ4n) is 7.51. The van der Waals surface area contributed by atoms with Crippen LogP contribution in [0.4, 0.5) is 27.8 Å². The van der Waals surface area contributed by atoms with Crippen LogP contribution in [-0.4, -0.2) is 67.7 Å². The van der Waals surface area contributed by atoms with Crippen LogP contribution in [0.25, 0.3) is 0 Å². The van der Waals surface area contributed by atoms with Crippen LogP contribution in [-0.2, 0) is 51.9 Å². The van der Waals surface area contributed by atoms with Gasteiger partial charge < -0.3 is 15.4 Å². The summed E-state index contributed by atoms with van der Waals surface area (Å²) in [5.41, 5.74) is 2.23. The van der Waals surface area contributed by atoms with E-state index in [0.717, 1.165) is 51.7 Å². The Morgan fingerprint density at radius 1 is 0.700 bits per heavy atom. The van der Waals surface area contributed by atoms with Crippen LogP contribution in [0, 0.1) is 5.82 Å². The van der Waals surface area contributed by atoms with E-state index in [1.54, 1.807) is 37.3 Å². The Morgan fingerprint density at radius 2 is 1.23 bits per heavy atom. The van der Waals surface area contributed by atoms with Crippen LogP contribution in [0.5, 0.6) is 5.75 Å². The number of hydrogen-bond acceptors (Lipinski definition) is 13. The first-order chi connectivity index (χ1) is 32.9. The normalized spacial score (nSPS) is 15.5. The van der Waals surface area contributed by atoms with Crippen LogP contribution in [0.3, 0.4) is 0 Å². The molecule has 6 aromatic rings. The van der Waals surface area contributed by atoms with Crippen LogP contribution in [0.2, 0.25) is 10.0 Å². The van der Waals surface area contributed by atoms with Gasteiger partial charge in [-0.15, -0.1) is 20.4 Å². The number of nitrogens with one attached hydrogen (secondary N) is 4. The third-order valence-corrected chi connectivity index (χ3v) is 16.7. The van der Waals surface area contributed by atoms with Crippen molar-refractivity contribution in [3.05, 3.63) is 132 Å². The maximum absolute atomic E-state index is 14.9. The average Bonchev–Trinajstić information content (AvgIpc) is 4.09. The Bertz CT molecular complexity index is 3190. The minimum Gasteiger partial charge on any atom is -0.493 e. The third kappa shape index (κ3) is 12.3. The van der Waals surface area contributed by atoms with Crippen molar-refractivity contribution in [3.8, 4) is 5.75 Å². The third-order valence-electron chi connectivity index (χ3n) is 10.9. The predicted molar refractivity (Wildman–Crippen MR) is 259 cm³/mol. The van der Waals surface area contributed by atoms with Gasteiger partial charge in [-0.3, -0.25) is 19.0 Å². The standard InChI is InChI=1S/C24H24F4N4O4S2.C21H20Cl2N4O3S2/c1-4-36-19-11-15(24(26,27)28)5-6-17(19)21(33)29-16-7-13-9-18(25)20(10-14(13)8-16)38(34,35)32-23-31-30-22(37-23)12(2)3;1-11(2)20-25-26-21(31-20)27-32(29,30)16-5-3-12-7-15(8-13(12)9-16)24-19(28)17-6-4-14(22)10-18(17)23/h5-6,9-12,16H,4,7-8H2,1-3H3,(H,29,33)(H,31,32);3-6,9-11,15H,7-8H2,1-2H3,(H,24,28)(H,26,27). The molecule has 0 saturated heterocycles. The monoisotopic (exact) mass is 1080 g/mol. The highest BCUT2D eigenvalue weighted by Gasteiger charge is 2.34. The minimum atomic E-state index is -4.60. The van der Waals surface area contributed by atoms with Gasteiger partial charge in [0.2, 0.25) is 10.3 Å². The molecule has 4 N–H and O–H groups in total. The number of aromatic nitrogens is 4. The summed E-state index contributed by atoms with van der Waals surface area (Å²) in [4.78, 5) is 25.1. The Morgan fingerprint density at radius 3 is 1.77 bits per heavy atom. The zero-order valence-corrected chi connectivity index (χ0v) is 42.5. The maximum Gasteiger partial charge on any atom is 0.416 e. The number of fused-ring (bicyclic) bond motifs is 2. The van der Waals surface area contributed by atoms with Gasteiger partial charge in [-0.2, -0.15) is 13.2 Å². The van der Waals surface area contributed by atoms with E-state index in [1.165, 1.54) is 23.5 Å².